The quantitative estimate of drug-likeness (QED) is 0.924. The van der Waals surface area contributed by atoms with Gasteiger partial charge in [-0.15, -0.1) is 0 Å². The van der Waals surface area contributed by atoms with Crippen LogP contribution in [-0.2, 0) is 20.6 Å². The van der Waals surface area contributed by atoms with Gasteiger partial charge < -0.3 is 5.32 Å². The van der Waals surface area contributed by atoms with E-state index in [2.05, 4.69) is 5.32 Å². The lowest BCUT2D eigenvalue weighted by Gasteiger charge is -2.12. The number of nitrogens with one attached hydrogen (secondary N) is 1. The van der Waals surface area contributed by atoms with Crippen LogP contribution in [0.5, 0.6) is 0 Å². The first-order chi connectivity index (χ1) is 9.81. The largest absolute Gasteiger partial charge is 0.375 e. The number of anilines is 1. The Morgan fingerprint density at radius 2 is 1.57 bits per heavy atom. The fourth-order valence-corrected chi connectivity index (χ4v) is 1.84. The smallest absolute Gasteiger partial charge is 0.330 e. The minimum Gasteiger partial charge on any atom is -0.375 e. The van der Waals surface area contributed by atoms with E-state index >= 15 is 0 Å². The van der Waals surface area contributed by atoms with Gasteiger partial charge in [-0.1, -0.05) is 0 Å². The Morgan fingerprint density at radius 1 is 1.00 bits per heavy atom. The maximum absolute atomic E-state index is 13.5. The van der Waals surface area contributed by atoms with Gasteiger partial charge in [-0.2, -0.15) is 0 Å². The Kier molecular flexibility index (Phi) is 3.88. The predicted octanol–water partition coefficient (Wildman–Crippen LogP) is 1.11. The maximum Gasteiger partial charge on any atom is 0.330 e. The third kappa shape index (κ3) is 2.83. The summed E-state index contributed by atoms with van der Waals surface area (Å²) >= 11 is 0. The molecule has 0 atom stereocenters. The molecule has 0 aliphatic rings. The molecule has 0 radical (unpaired) electrons. The second-order valence-electron chi connectivity index (χ2n) is 4.47. The van der Waals surface area contributed by atoms with Crippen LogP contribution < -0.4 is 16.6 Å². The molecule has 0 spiro atoms. The Hall–Kier alpha value is -2.51. The molecule has 0 aliphatic heterocycles. The lowest BCUT2D eigenvalue weighted by molar-refractivity contribution is 0.546. The number of benzene rings is 1. The van der Waals surface area contributed by atoms with E-state index in [0.717, 1.165) is 4.57 Å². The molecule has 1 aromatic heterocycles. The molecule has 0 bridgehead atoms. The van der Waals surface area contributed by atoms with Gasteiger partial charge in [0.15, 0.2) is 11.6 Å². The fraction of sp³-hybridized carbons (Fsp3) is 0.231. The van der Waals surface area contributed by atoms with Crippen LogP contribution in [-0.4, -0.2) is 9.13 Å². The molecule has 21 heavy (non-hydrogen) atoms. The third-order valence-electron chi connectivity index (χ3n) is 3.08. The molecular weight excluding hydrogens is 287 g/mol. The van der Waals surface area contributed by atoms with Crippen LogP contribution in [0.4, 0.5) is 18.9 Å². The fourth-order valence-electron chi connectivity index (χ4n) is 1.84. The average molecular weight is 299 g/mol. The summed E-state index contributed by atoms with van der Waals surface area (Å²) in [6.07, 6.45) is 0. The van der Waals surface area contributed by atoms with Crippen LogP contribution in [0.2, 0.25) is 0 Å². The van der Waals surface area contributed by atoms with Gasteiger partial charge in [0.05, 0.1) is 6.54 Å². The third-order valence-corrected chi connectivity index (χ3v) is 3.08. The molecule has 1 N–H and O–H groups in total. The van der Waals surface area contributed by atoms with Crippen molar-refractivity contribution in [3.8, 4) is 0 Å². The van der Waals surface area contributed by atoms with Crippen molar-refractivity contribution in [3.63, 3.8) is 0 Å². The van der Waals surface area contributed by atoms with E-state index in [0.29, 0.717) is 12.1 Å². The zero-order valence-electron chi connectivity index (χ0n) is 11.3. The molecule has 1 aromatic carbocycles. The Morgan fingerprint density at radius 3 is 2.14 bits per heavy atom. The molecule has 8 heteroatoms. The van der Waals surface area contributed by atoms with Crippen molar-refractivity contribution in [2.75, 3.05) is 5.32 Å². The SMILES string of the molecule is Cn1c(CNc2c(F)cc(F)cc2F)cc(=O)n(C)c1=O. The van der Waals surface area contributed by atoms with E-state index in [9.17, 15) is 22.8 Å². The van der Waals surface area contributed by atoms with Gasteiger partial charge in [-0.05, 0) is 0 Å². The molecule has 112 valence electrons. The summed E-state index contributed by atoms with van der Waals surface area (Å²) in [4.78, 5) is 23.2. The highest BCUT2D eigenvalue weighted by molar-refractivity contribution is 5.46. The zero-order valence-corrected chi connectivity index (χ0v) is 11.3. The van der Waals surface area contributed by atoms with Gasteiger partial charge in [-0.25, -0.2) is 18.0 Å². The molecular formula is C13H12F3N3O2. The molecule has 0 saturated carbocycles. The Labute approximate surface area is 117 Å². The molecule has 2 rings (SSSR count). The van der Waals surface area contributed by atoms with Crippen molar-refractivity contribution >= 4 is 5.69 Å². The van der Waals surface area contributed by atoms with E-state index in [1.165, 1.54) is 24.7 Å². The lowest BCUT2D eigenvalue weighted by Crippen LogP contribution is -2.38. The first-order valence-corrected chi connectivity index (χ1v) is 5.95. The van der Waals surface area contributed by atoms with E-state index in [-0.39, 0.29) is 12.2 Å². The maximum atomic E-state index is 13.5. The molecule has 0 amide bonds. The minimum absolute atomic E-state index is 0.165. The molecule has 0 fully saturated rings. The molecule has 1 heterocycles. The molecule has 2 aromatic rings. The lowest BCUT2D eigenvalue weighted by atomic mass is 10.2. The Bertz CT molecular complexity index is 788. The van der Waals surface area contributed by atoms with E-state index in [4.69, 9.17) is 0 Å². The van der Waals surface area contributed by atoms with Crippen LogP contribution in [0.3, 0.4) is 0 Å². The van der Waals surface area contributed by atoms with Gasteiger partial charge in [0, 0.05) is 38.0 Å². The highest BCUT2D eigenvalue weighted by Gasteiger charge is 2.12. The van der Waals surface area contributed by atoms with E-state index in [1.54, 1.807) is 0 Å². The minimum atomic E-state index is -1.10. The summed E-state index contributed by atoms with van der Waals surface area (Å²) in [5.41, 5.74) is -1.37. The van der Waals surface area contributed by atoms with Gasteiger partial charge >= 0.3 is 5.69 Å². The van der Waals surface area contributed by atoms with Gasteiger partial charge in [0.2, 0.25) is 0 Å². The number of nitrogens with zero attached hydrogens (tertiary/aromatic N) is 2. The topological polar surface area (TPSA) is 56.0 Å². The van der Waals surface area contributed by atoms with Crippen molar-refractivity contribution in [1.82, 2.24) is 9.13 Å². The van der Waals surface area contributed by atoms with Crippen LogP contribution >= 0.6 is 0 Å². The van der Waals surface area contributed by atoms with Crippen molar-refractivity contribution < 1.29 is 13.2 Å². The van der Waals surface area contributed by atoms with Crippen molar-refractivity contribution in [2.24, 2.45) is 14.1 Å². The monoisotopic (exact) mass is 299 g/mol. The number of aromatic nitrogens is 2. The summed E-state index contributed by atoms with van der Waals surface area (Å²) < 4.78 is 41.8. The van der Waals surface area contributed by atoms with Crippen LogP contribution in [0.25, 0.3) is 0 Å². The summed E-state index contributed by atoms with van der Waals surface area (Å²) in [5, 5.41) is 2.41. The summed E-state index contributed by atoms with van der Waals surface area (Å²) in [7, 11) is 2.75. The molecule has 0 unspecified atom stereocenters. The number of hydrogen-bond donors (Lipinski definition) is 1. The van der Waals surface area contributed by atoms with Gasteiger partial charge in [0.25, 0.3) is 5.56 Å². The first-order valence-electron chi connectivity index (χ1n) is 5.95. The summed E-state index contributed by atoms with van der Waals surface area (Å²) in [6.45, 7) is -0.165. The van der Waals surface area contributed by atoms with Crippen LogP contribution in [0.15, 0.2) is 27.8 Å². The second-order valence-corrected chi connectivity index (χ2v) is 4.47. The van der Waals surface area contributed by atoms with Gasteiger partial charge in [0.1, 0.15) is 11.5 Å². The molecule has 5 nitrogen and oxygen atoms in total. The van der Waals surface area contributed by atoms with Crippen LogP contribution in [0.1, 0.15) is 5.69 Å². The number of hydrogen-bond acceptors (Lipinski definition) is 3. The normalized spacial score (nSPS) is 10.7. The van der Waals surface area contributed by atoms with Gasteiger partial charge in [-0.3, -0.25) is 13.9 Å². The summed E-state index contributed by atoms with van der Waals surface area (Å²) in [6, 6.07) is 2.25. The average Bonchev–Trinajstić information content (AvgIpc) is 2.40. The number of rotatable bonds is 3. The zero-order chi connectivity index (χ0) is 15.7. The van der Waals surface area contributed by atoms with Crippen molar-refractivity contribution in [1.29, 1.82) is 0 Å². The predicted molar refractivity (Wildman–Crippen MR) is 70.6 cm³/mol. The van der Waals surface area contributed by atoms with Crippen molar-refractivity contribution in [3.05, 3.63) is 62.2 Å². The highest BCUT2D eigenvalue weighted by Crippen LogP contribution is 2.20. The highest BCUT2D eigenvalue weighted by atomic mass is 19.1. The second kappa shape index (κ2) is 5.47. The van der Waals surface area contributed by atoms with Crippen LogP contribution in [0, 0.1) is 17.5 Å². The molecule has 0 saturated heterocycles. The van der Waals surface area contributed by atoms with Crippen molar-refractivity contribution in [2.45, 2.75) is 6.54 Å². The summed E-state index contributed by atoms with van der Waals surface area (Å²) in [5.74, 6) is -3.22. The standard InChI is InChI=1S/C13H12F3N3O2/c1-18-8(5-11(20)19(2)13(18)21)6-17-12-9(15)3-7(14)4-10(12)16/h3-5,17H,6H2,1-2H3. The molecule has 0 aliphatic carbocycles. The number of halogens is 3. The Balaban J connectivity index is 2.34. The van der Waals surface area contributed by atoms with E-state index in [1.807, 2.05) is 0 Å². The van der Waals surface area contributed by atoms with E-state index < -0.39 is 34.4 Å². The first kappa shape index (κ1) is 14.9.